The van der Waals surface area contributed by atoms with Crippen LogP contribution in [-0.4, -0.2) is 12.0 Å². The van der Waals surface area contributed by atoms with Crippen molar-refractivity contribution in [3.63, 3.8) is 0 Å². The van der Waals surface area contributed by atoms with Crippen molar-refractivity contribution in [3.05, 3.63) is 11.3 Å². The molecule has 2 saturated carbocycles. The Morgan fingerprint density at radius 2 is 2.08 bits per heavy atom. The molecule has 0 aromatic heterocycles. The fourth-order valence-electron chi connectivity index (χ4n) is 1.83. The maximum atomic E-state index is 11.9. The zero-order chi connectivity index (χ0) is 9.80. The molecule has 0 heterocycles. The molecule has 1 unspecified atom stereocenters. The number of carbonyl (C=O) groups excluding carboxylic acids is 1. The second-order valence-electron chi connectivity index (χ2n) is 3.47. The van der Waals surface area contributed by atoms with Gasteiger partial charge in [0.1, 0.15) is 0 Å². The summed E-state index contributed by atoms with van der Waals surface area (Å²) < 4.78 is 35.8. The maximum Gasteiger partial charge on any atom is 0.402 e. The lowest BCUT2D eigenvalue weighted by Gasteiger charge is -2.19. The summed E-state index contributed by atoms with van der Waals surface area (Å²) in [6.07, 6.45) is -4.19. The summed E-state index contributed by atoms with van der Waals surface area (Å²) >= 11 is 0. The Hall–Kier alpha value is -1.00. The van der Waals surface area contributed by atoms with Crippen LogP contribution in [0.15, 0.2) is 11.3 Å². The predicted molar refractivity (Wildman–Crippen MR) is 34.3 cm³/mol. The minimum absolute atomic E-state index is 0.0220. The molecule has 2 aliphatic rings. The first kappa shape index (κ1) is 8.59. The second-order valence-corrected chi connectivity index (χ2v) is 3.47. The van der Waals surface area contributed by atoms with Gasteiger partial charge < -0.3 is 5.11 Å². The van der Waals surface area contributed by atoms with E-state index < -0.39 is 23.3 Å². The fourth-order valence-corrected chi connectivity index (χ4v) is 1.83. The molecule has 72 valence electrons. The first-order chi connectivity index (χ1) is 5.91. The molecular formula is C8H6F3O2-. The van der Waals surface area contributed by atoms with Crippen LogP contribution >= 0.6 is 0 Å². The maximum absolute atomic E-state index is 11.9. The van der Waals surface area contributed by atoms with Crippen LogP contribution in [-0.2, 0) is 4.79 Å². The van der Waals surface area contributed by atoms with E-state index in [-0.39, 0.29) is 18.3 Å². The Morgan fingerprint density at radius 3 is 2.46 bits per heavy atom. The van der Waals surface area contributed by atoms with E-state index in [1.165, 1.54) is 0 Å². The zero-order valence-electron chi connectivity index (χ0n) is 6.52. The molecule has 5 heteroatoms. The van der Waals surface area contributed by atoms with Crippen LogP contribution in [0.4, 0.5) is 13.2 Å². The first-order valence-electron chi connectivity index (χ1n) is 3.93. The summed E-state index contributed by atoms with van der Waals surface area (Å²) in [7, 11) is 0. The monoisotopic (exact) mass is 191 g/mol. The van der Waals surface area contributed by atoms with E-state index in [9.17, 15) is 23.1 Å². The van der Waals surface area contributed by atoms with E-state index in [4.69, 9.17) is 0 Å². The van der Waals surface area contributed by atoms with Crippen LogP contribution in [0.25, 0.3) is 0 Å². The molecule has 0 aromatic rings. The van der Waals surface area contributed by atoms with Crippen LogP contribution in [0.2, 0.25) is 0 Å². The fraction of sp³-hybridized carbons (Fsp3) is 0.625. The zero-order valence-corrected chi connectivity index (χ0v) is 6.52. The third-order valence-electron chi connectivity index (χ3n) is 2.54. The molecule has 2 rings (SSSR count). The van der Waals surface area contributed by atoms with Crippen molar-refractivity contribution >= 4 is 5.78 Å². The van der Waals surface area contributed by atoms with E-state index in [1.807, 2.05) is 0 Å². The number of halogens is 3. The smallest absolute Gasteiger partial charge is 0.402 e. The third-order valence-corrected chi connectivity index (χ3v) is 2.54. The summed E-state index contributed by atoms with van der Waals surface area (Å²) in [5, 5.41) is 10.7. The van der Waals surface area contributed by atoms with Crippen molar-refractivity contribution in [2.45, 2.75) is 19.0 Å². The quantitative estimate of drug-likeness (QED) is 0.419. The Kier molecular flexibility index (Phi) is 1.50. The van der Waals surface area contributed by atoms with Gasteiger partial charge in [-0.1, -0.05) is 0 Å². The summed E-state index contributed by atoms with van der Waals surface area (Å²) in [6.45, 7) is 0. The third kappa shape index (κ3) is 1.22. The van der Waals surface area contributed by atoms with Crippen molar-refractivity contribution < 1.29 is 23.1 Å². The van der Waals surface area contributed by atoms with Gasteiger partial charge in [-0.2, -0.15) is 13.2 Å². The molecule has 0 bridgehead atoms. The minimum atomic E-state index is -4.89. The van der Waals surface area contributed by atoms with Gasteiger partial charge in [-0.15, -0.1) is 0 Å². The van der Waals surface area contributed by atoms with E-state index >= 15 is 0 Å². The van der Waals surface area contributed by atoms with Crippen LogP contribution in [0.5, 0.6) is 0 Å². The molecule has 0 aliphatic heterocycles. The molecule has 0 radical (unpaired) electrons. The Labute approximate surface area is 72.0 Å². The molecule has 0 saturated heterocycles. The minimum Gasteiger partial charge on any atom is -0.869 e. The summed E-state index contributed by atoms with van der Waals surface area (Å²) in [5.74, 6) is -2.90. The van der Waals surface area contributed by atoms with Crippen molar-refractivity contribution in [1.29, 1.82) is 0 Å². The van der Waals surface area contributed by atoms with E-state index in [2.05, 4.69) is 0 Å². The number of hydrogen-bond acceptors (Lipinski definition) is 2. The van der Waals surface area contributed by atoms with Crippen LogP contribution in [0, 0.1) is 11.8 Å². The topological polar surface area (TPSA) is 40.1 Å². The standard InChI is InChI=1S/C8H7F3O2/c9-8(10,11)7(13)6-4-1-3(4)2-5(6)12/h3-4,13H,1-2H2/p-1/b7-6-/t3?,4-/m0/s1. The lowest BCUT2D eigenvalue weighted by atomic mass is 10.1. The van der Waals surface area contributed by atoms with Gasteiger partial charge in [0.15, 0.2) is 5.78 Å². The van der Waals surface area contributed by atoms with Gasteiger partial charge in [0.2, 0.25) is 0 Å². The summed E-state index contributed by atoms with van der Waals surface area (Å²) in [5.41, 5.74) is -0.502. The Morgan fingerprint density at radius 1 is 1.46 bits per heavy atom. The highest BCUT2D eigenvalue weighted by molar-refractivity contribution is 6.00. The van der Waals surface area contributed by atoms with Crippen LogP contribution < -0.4 is 5.11 Å². The summed E-state index contributed by atoms with van der Waals surface area (Å²) in [4.78, 5) is 10.9. The number of allylic oxidation sites excluding steroid dienone is 2. The largest absolute Gasteiger partial charge is 0.869 e. The molecule has 0 aromatic carbocycles. The molecular weight excluding hydrogens is 185 g/mol. The second kappa shape index (κ2) is 2.27. The molecule has 0 amide bonds. The van der Waals surface area contributed by atoms with Crippen LogP contribution in [0.1, 0.15) is 12.8 Å². The molecule has 0 spiro atoms. The van der Waals surface area contributed by atoms with E-state index in [0.717, 1.165) is 0 Å². The highest BCUT2D eigenvalue weighted by atomic mass is 19.4. The Balaban J connectivity index is 2.37. The Bertz CT molecular complexity index is 303. The summed E-state index contributed by atoms with van der Waals surface area (Å²) in [6, 6.07) is 0. The SMILES string of the molecule is O=C1CC2C[C@@H]2/C1=C(/[O-])C(F)(F)F. The van der Waals surface area contributed by atoms with Gasteiger partial charge in [-0.3, -0.25) is 4.79 Å². The number of rotatable bonds is 0. The predicted octanol–water partition coefficient (Wildman–Crippen LogP) is 0.772. The number of alkyl halides is 3. The molecule has 0 N–H and O–H groups in total. The van der Waals surface area contributed by atoms with Gasteiger partial charge >= 0.3 is 6.18 Å². The van der Waals surface area contributed by atoms with Gasteiger partial charge in [-0.05, 0) is 29.6 Å². The number of fused-ring (bicyclic) bond motifs is 1. The van der Waals surface area contributed by atoms with Gasteiger partial charge in [0.05, 0.1) is 0 Å². The number of carbonyl (C=O) groups is 1. The van der Waals surface area contributed by atoms with Crippen molar-refractivity contribution in [2.75, 3.05) is 0 Å². The highest BCUT2D eigenvalue weighted by Gasteiger charge is 2.51. The van der Waals surface area contributed by atoms with Gasteiger partial charge in [-0.25, -0.2) is 0 Å². The molecule has 2 fully saturated rings. The average molecular weight is 191 g/mol. The van der Waals surface area contributed by atoms with Crippen molar-refractivity contribution in [2.24, 2.45) is 11.8 Å². The van der Waals surface area contributed by atoms with Gasteiger partial charge in [0, 0.05) is 6.42 Å². The highest BCUT2D eigenvalue weighted by Crippen LogP contribution is 2.54. The molecule has 2 nitrogen and oxygen atoms in total. The van der Waals surface area contributed by atoms with Crippen LogP contribution in [0.3, 0.4) is 0 Å². The van der Waals surface area contributed by atoms with Gasteiger partial charge in [0.25, 0.3) is 0 Å². The van der Waals surface area contributed by atoms with E-state index in [0.29, 0.717) is 6.42 Å². The lowest BCUT2D eigenvalue weighted by Crippen LogP contribution is -2.27. The molecule has 13 heavy (non-hydrogen) atoms. The number of ketones is 1. The average Bonchev–Trinajstić information content (AvgIpc) is 2.61. The first-order valence-corrected chi connectivity index (χ1v) is 3.93. The van der Waals surface area contributed by atoms with Crippen molar-refractivity contribution in [3.8, 4) is 0 Å². The molecule has 2 aliphatic carbocycles. The van der Waals surface area contributed by atoms with Crippen molar-refractivity contribution in [1.82, 2.24) is 0 Å². The number of Topliss-reactive ketones (excluding diaryl/α,β-unsaturated/α-hetero) is 1. The number of hydrogen-bond donors (Lipinski definition) is 0. The van der Waals surface area contributed by atoms with E-state index in [1.54, 1.807) is 0 Å². The lowest BCUT2D eigenvalue weighted by molar-refractivity contribution is -0.361. The normalized spacial score (nSPS) is 36.1. The molecule has 2 atom stereocenters.